The van der Waals surface area contributed by atoms with E-state index >= 15 is 0 Å². The van der Waals surface area contributed by atoms with Crippen molar-refractivity contribution in [1.82, 2.24) is 0 Å². The Morgan fingerprint density at radius 3 is 1.00 bits per heavy atom. The molecule has 0 aliphatic rings. The Labute approximate surface area is 379 Å². The molecule has 0 aromatic heterocycles. The molecule has 0 saturated carbocycles. The molecule has 304 valence electrons. The minimum absolute atomic E-state index is 1.09. The second kappa shape index (κ2) is 16.3. The van der Waals surface area contributed by atoms with Crippen LogP contribution in [0, 0.1) is 0 Å². The van der Waals surface area contributed by atoms with Crippen molar-refractivity contribution in [2.75, 3.05) is 4.90 Å². The maximum atomic E-state index is 2.40. The maximum Gasteiger partial charge on any atom is 0.0462 e. The van der Waals surface area contributed by atoms with E-state index in [1.165, 1.54) is 98.7 Å². The standard InChI is InChI=1S/C64H43N/c1-3-15-49(16-4-1)63-61-22-12-11-21-59(61)60-40-33-55(43-62(60)64(63)50-17-5-2-6-18-50)48-31-38-58(39-32-48)65(56-34-27-46(28-35-56)53-25-23-44-13-7-9-19-51(44)41-53)57-36-29-47(30-37-57)54-26-24-45-14-8-10-20-52(45)42-54/h1-43H. The van der Waals surface area contributed by atoms with Crippen molar-refractivity contribution in [3.05, 3.63) is 261 Å². The smallest absolute Gasteiger partial charge is 0.0462 e. The molecule has 1 heteroatoms. The summed E-state index contributed by atoms with van der Waals surface area (Å²) in [6.45, 7) is 0. The molecule has 0 aliphatic heterocycles. The van der Waals surface area contributed by atoms with E-state index in [1.54, 1.807) is 0 Å². The molecule has 0 saturated heterocycles. The molecule has 12 aromatic rings. The zero-order chi connectivity index (χ0) is 43.1. The Morgan fingerprint density at radius 2 is 0.523 bits per heavy atom. The van der Waals surface area contributed by atoms with Gasteiger partial charge < -0.3 is 4.90 Å². The predicted molar refractivity (Wildman–Crippen MR) is 278 cm³/mol. The average Bonchev–Trinajstić information content (AvgIpc) is 3.39. The lowest BCUT2D eigenvalue weighted by Gasteiger charge is -2.26. The monoisotopic (exact) mass is 825 g/mol. The quantitative estimate of drug-likeness (QED) is 0.138. The third-order valence-corrected chi connectivity index (χ3v) is 13.0. The number of fused-ring (bicyclic) bond motifs is 5. The highest BCUT2D eigenvalue weighted by molar-refractivity contribution is 6.22. The van der Waals surface area contributed by atoms with Crippen molar-refractivity contribution in [3.63, 3.8) is 0 Å². The van der Waals surface area contributed by atoms with E-state index < -0.39 is 0 Å². The molecule has 0 spiro atoms. The Bertz CT molecular complexity index is 3540. The van der Waals surface area contributed by atoms with Crippen LogP contribution in [0.4, 0.5) is 17.1 Å². The minimum Gasteiger partial charge on any atom is -0.311 e. The first kappa shape index (κ1) is 38.2. The van der Waals surface area contributed by atoms with Crippen molar-refractivity contribution < 1.29 is 0 Å². The van der Waals surface area contributed by atoms with Gasteiger partial charge in [-0.25, -0.2) is 0 Å². The number of rotatable bonds is 8. The molecule has 12 rings (SSSR count). The largest absolute Gasteiger partial charge is 0.311 e. The van der Waals surface area contributed by atoms with Crippen LogP contribution in [0.3, 0.4) is 0 Å². The lowest BCUT2D eigenvalue weighted by Crippen LogP contribution is -2.09. The molecule has 0 heterocycles. The Morgan fingerprint density at radius 1 is 0.185 bits per heavy atom. The van der Waals surface area contributed by atoms with Gasteiger partial charge in [0.05, 0.1) is 0 Å². The number of hydrogen-bond acceptors (Lipinski definition) is 1. The van der Waals surface area contributed by atoms with Gasteiger partial charge in [0.2, 0.25) is 0 Å². The van der Waals surface area contributed by atoms with Crippen LogP contribution in [0.1, 0.15) is 0 Å². The third-order valence-electron chi connectivity index (χ3n) is 13.0. The first-order chi connectivity index (χ1) is 32.2. The van der Waals surface area contributed by atoms with Crippen LogP contribution < -0.4 is 4.90 Å². The summed E-state index contributed by atoms with van der Waals surface area (Å²) < 4.78 is 0. The second-order valence-electron chi connectivity index (χ2n) is 16.9. The summed E-state index contributed by atoms with van der Waals surface area (Å²) in [5, 5.41) is 10.0. The predicted octanol–water partition coefficient (Wildman–Crippen LogP) is 18.1. The van der Waals surface area contributed by atoms with Crippen LogP contribution >= 0.6 is 0 Å². The summed E-state index contributed by atoms with van der Waals surface area (Å²) in [7, 11) is 0. The van der Waals surface area contributed by atoms with Gasteiger partial charge in [0, 0.05) is 17.1 Å². The highest BCUT2D eigenvalue weighted by atomic mass is 15.1. The van der Waals surface area contributed by atoms with E-state index in [1.807, 2.05) is 0 Å². The Balaban J connectivity index is 0.958. The molecule has 0 N–H and O–H groups in total. The van der Waals surface area contributed by atoms with E-state index in [0.29, 0.717) is 0 Å². The van der Waals surface area contributed by atoms with Gasteiger partial charge in [0.1, 0.15) is 0 Å². The third kappa shape index (κ3) is 7.10. The molecule has 1 nitrogen and oxygen atoms in total. The maximum absolute atomic E-state index is 2.40. The van der Waals surface area contributed by atoms with Crippen LogP contribution in [0.15, 0.2) is 261 Å². The summed E-state index contributed by atoms with van der Waals surface area (Å²) in [6.07, 6.45) is 0. The van der Waals surface area contributed by atoms with Crippen molar-refractivity contribution in [2.45, 2.75) is 0 Å². The van der Waals surface area contributed by atoms with Gasteiger partial charge >= 0.3 is 0 Å². The Hall–Kier alpha value is -8.52. The van der Waals surface area contributed by atoms with Crippen molar-refractivity contribution in [1.29, 1.82) is 0 Å². The summed E-state index contributed by atoms with van der Waals surface area (Å²) in [4.78, 5) is 2.37. The van der Waals surface area contributed by atoms with Crippen LogP contribution in [0.2, 0.25) is 0 Å². The lowest BCUT2D eigenvalue weighted by molar-refractivity contribution is 1.28. The highest BCUT2D eigenvalue weighted by Gasteiger charge is 2.19. The summed E-state index contributed by atoms with van der Waals surface area (Å²) in [5.74, 6) is 0. The van der Waals surface area contributed by atoms with E-state index in [9.17, 15) is 0 Å². The first-order valence-electron chi connectivity index (χ1n) is 22.4. The molecule has 0 bridgehead atoms. The van der Waals surface area contributed by atoms with Gasteiger partial charge in [-0.3, -0.25) is 0 Å². The van der Waals surface area contributed by atoms with Crippen LogP contribution in [0.5, 0.6) is 0 Å². The molecule has 65 heavy (non-hydrogen) atoms. The Kier molecular flexibility index (Phi) is 9.58. The van der Waals surface area contributed by atoms with Gasteiger partial charge in [-0.15, -0.1) is 0 Å². The molecule has 0 atom stereocenters. The van der Waals surface area contributed by atoms with Crippen LogP contribution in [-0.2, 0) is 0 Å². The van der Waals surface area contributed by atoms with Gasteiger partial charge in [-0.05, 0) is 153 Å². The number of benzene rings is 12. The molecule has 0 aliphatic carbocycles. The minimum atomic E-state index is 1.09. The van der Waals surface area contributed by atoms with Crippen molar-refractivity contribution in [2.24, 2.45) is 0 Å². The number of nitrogens with zero attached hydrogens (tertiary/aromatic N) is 1. The summed E-state index contributed by atoms with van der Waals surface area (Å²) in [5.41, 5.74) is 15.4. The summed E-state index contributed by atoms with van der Waals surface area (Å²) in [6, 6.07) is 95.2. The molecule has 0 amide bonds. The fraction of sp³-hybridized carbons (Fsp3) is 0. The second-order valence-corrected chi connectivity index (χ2v) is 16.9. The van der Waals surface area contributed by atoms with Gasteiger partial charge in [0.15, 0.2) is 0 Å². The van der Waals surface area contributed by atoms with Gasteiger partial charge in [0.25, 0.3) is 0 Å². The van der Waals surface area contributed by atoms with Crippen LogP contribution in [0.25, 0.3) is 98.7 Å². The molecular formula is C64H43N. The molecule has 12 aromatic carbocycles. The SMILES string of the molecule is c1ccc(-c2c(-c3ccccc3)c3cc(-c4ccc(N(c5ccc(-c6ccc7ccccc7c6)cc5)c5ccc(-c6ccc7ccccc7c6)cc5)cc4)ccc3c3ccccc23)cc1. The molecular weight excluding hydrogens is 783 g/mol. The van der Waals surface area contributed by atoms with E-state index in [4.69, 9.17) is 0 Å². The number of anilines is 3. The lowest BCUT2D eigenvalue weighted by atomic mass is 9.84. The zero-order valence-electron chi connectivity index (χ0n) is 35.8. The van der Waals surface area contributed by atoms with Crippen LogP contribution in [-0.4, -0.2) is 0 Å². The molecule has 0 radical (unpaired) electrons. The van der Waals surface area contributed by atoms with E-state index in [0.717, 1.165) is 17.1 Å². The fourth-order valence-electron chi connectivity index (χ4n) is 9.77. The average molecular weight is 826 g/mol. The van der Waals surface area contributed by atoms with Gasteiger partial charge in [-0.1, -0.05) is 206 Å². The first-order valence-corrected chi connectivity index (χ1v) is 22.4. The van der Waals surface area contributed by atoms with Gasteiger partial charge in [-0.2, -0.15) is 0 Å². The number of hydrogen-bond donors (Lipinski definition) is 0. The van der Waals surface area contributed by atoms with E-state index in [2.05, 4.69) is 266 Å². The fourth-order valence-corrected chi connectivity index (χ4v) is 9.77. The zero-order valence-corrected chi connectivity index (χ0v) is 35.8. The van der Waals surface area contributed by atoms with Crippen molar-refractivity contribution in [3.8, 4) is 55.6 Å². The topological polar surface area (TPSA) is 3.24 Å². The summed E-state index contributed by atoms with van der Waals surface area (Å²) >= 11 is 0. The normalized spacial score (nSPS) is 11.4. The highest BCUT2D eigenvalue weighted by Crippen LogP contribution is 2.46. The molecule has 0 unspecified atom stereocenters. The van der Waals surface area contributed by atoms with Crippen molar-refractivity contribution >= 4 is 60.2 Å². The van der Waals surface area contributed by atoms with E-state index in [-0.39, 0.29) is 0 Å². The molecule has 0 fully saturated rings.